The first-order valence-corrected chi connectivity index (χ1v) is 13.9. The molecule has 0 atom stereocenters. The summed E-state index contributed by atoms with van der Waals surface area (Å²) < 4.78 is 4.62. The summed E-state index contributed by atoms with van der Waals surface area (Å²) in [5, 5.41) is 3.65. The minimum Gasteiger partial charge on any atom is -0.497 e. The molecular weight excluding hydrogens is 516 g/mol. The Hall–Kier alpha value is -4.23. The number of nitrogens with zero attached hydrogens (tertiary/aromatic N) is 3. The lowest BCUT2D eigenvalue weighted by Gasteiger charge is -2.39. The lowest BCUT2D eigenvalue weighted by Crippen LogP contribution is -2.37. The van der Waals surface area contributed by atoms with E-state index in [1.807, 2.05) is 34.3 Å². The van der Waals surface area contributed by atoms with Crippen molar-refractivity contribution in [1.29, 1.82) is 0 Å². The van der Waals surface area contributed by atoms with Crippen LogP contribution in [0.4, 0.5) is 17.1 Å². The monoisotopic (exact) mass is 550 g/mol. The van der Waals surface area contributed by atoms with Crippen molar-refractivity contribution < 1.29 is 9.53 Å². The van der Waals surface area contributed by atoms with Crippen LogP contribution >= 0.6 is 11.8 Å². The molecule has 1 heterocycles. The molecule has 0 aromatic heterocycles. The van der Waals surface area contributed by atoms with E-state index in [0.717, 1.165) is 39.3 Å². The Morgan fingerprint density at radius 2 is 1.35 bits per heavy atom. The second-order valence-electron chi connectivity index (χ2n) is 10.3. The molecule has 1 aliphatic rings. The maximum Gasteiger partial charge on any atom is 0.257 e. The number of ether oxygens (including phenoxy) is 1. The van der Waals surface area contributed by atoms with Crippen LogP contribution in [0.15, 0.2) is 96.0 Å². The molecular formula is C33H34N4O2S. The van der Waals surface area contributed by atoms with Crippen LogP contribution in [-0.2, 0) is 4.75 Å². The number of amides is 1. The van der Waals surface area contributed by atoms with Gasteiger partial charge in [0, 0.05) is 50.7 Å². The number of methoxy groups -OCH3 is 1. The molecule has 0 fully saturated rings. The summed E-state index contributed by atoms with van der Waals surface area (Å²) in [6, 6.07) is 30.7. The smallest absolute Gasteiger partial charge is 0.257 e. The molecule has 0 spiro atoms. The highest BCUT2D eigenvalue weighted by Gasteiger charge is 2.43. The first-order valence-electron chi connectivity index (χ1n) is 13.1. The molecule has 0 unspecified atom stereocenters. The minimum absolute atomic E-state index is 0.218. The number of nitrogens with one attached hydrogen (secondary N) is 1. The van der Waals surface area contributed by atoms with Gasteiger partial charge >= 0.3 is 0 Å². The molecule has 40 heavy (non-hydrogen) atoms. The summed E-state index contributed by atoms with van der Waals surface area (Å²) in [5.41, 5.74) is 8.08. The van der Waals surface area contributed by atoms with Crippen LogP contribution < -0.4 is 19.9 Å². The first-order chi connectivity index (χ1) is 19.2. The Bertz CT molecular complexity index is 1490. The molecule has 1 N–H and O–H groups in total. The number of thioether (sulfide) groups is 1. The molecule has 1 aliphatic heterocycles. The molecule has 0 bridgehead atoms. The van der Waals surface area contributed by atoms with Crippen LogP contribution in [-0.4, -0.2) is 46.4 Å². The van der Waals surface area contributed by atoms with Crippen molar-refractivity contribution in [3.8, 4) is 5.75 Å². The molecule has 204 valence electrons. The van der Waals surface area contributed by atoms with E-state index < -0.39 is 4.75 Å². The van der Waals surface area contributed by atoms with Gasteiger partial charge in [-0.3, -0.25) is 4.79 Å². The SMILES string of the molecule is COc1ccc(C(=O)NC2=Nc3ccc(C)cc3C(c3ccc(N(C)C)cc3)(c3ccc(N(C)C)cc3)S2)cc1. The van der Waals surface area contributed by atoms with Crippen LogP contribution in [0.1, 0.15) is 32.6 Å². The summed E-state index contributed by atoms with van der Waals surface area (Å²) in [5.74, 6) is 0.482. The van der Waals surface area contributed by atoms with Gasteiger partial charge in [-0.15, -0.1) is 0 Å². The Morgan fingerprint density at radius 1 is 0.800 bits per heavy atom. The normalized spacial score (nSPS) is 13.6. The molecule has 5 rings (SSSR count). The van der Waals surface area contributed by atoms with E-state index in [1.165, 1.54) is 0 Å². The zero-order chi connectivity index (χ0) is 28.4. The average molecular weight is 551 g/mol. The van der Waals surface area contributed by atoms with Gasteiger partial charge in [-0.2, -0.15) is 0 Å². The van der Waals surface area contributed by atoms with Gasteiger partial charge in [0.2, 0.25) is 0 Å². The maximum absolute atomic E-state index is 13.3. The van der Waals surface area contributed by atoms with Crippen molar-refractivity contribution >= 4 is 39.9 Å². The summed E-state index contributed by atoms with van der Waals surface area (Å²) in [6.45, 7) is 2.10. The third-order valence-corrected chi connectivity index (χ3v) is 8.54. The number of amidine groups is 1. The Balaban J connectivity index is 1.66. The van der Waals surface area contributed by atoms with E-state index in [2.05, 4.69) is 82.7 Å². The van der Waals surface area contributed by atoms with Gasteiger partial charge in [0.25, 0.3) is 5.91 Å². The molecule has 0 aliphatic carbocycles. The number of aryl methyl sites for hydroxylation is 1. The molecule has 0 radical (unpaired) electrons. The zero-order valence-corrected chi connectivity index (χ0v) is 24.5. The number of carbonyl (C=O) groups is 1. The Kier molecular flexibility index (Phi) is 7.59. The fraction of sp³-hybridized carbons (Fsp3) is 0.212. The van der Waals surface area contributed by atoms with Gasteiger partial charge in [-0.1, -0.05) is 53.7 Å². The number of hydrogen-bond donors (Lipinski definition) is 1. The zero-order valence-electron chi connectivity index (χ0n) is 23.7. The molecule has 6 nitrogen and oxygen atoms in total. The highest BCUT2D eigenvalue weighted by atomic mass is 32.2. The van der Waals surface area contributed by atoms with E-state index in [1.54, 1.807) is 43.1 Å². The lowest BCUT2D eigenvalue weighted by atomic mass is 9.82. The maximum atomic E-state index is 13.3. The van der Waals surface area contributed by atoms with Crippen LogP contribution in [0.3, 0.4) is 0 Å². The average Bonchev–Trinajstić information content (AvgIpc) is 2.97. The highest BCUT2D eigenvalue weighted by molar-refractivity contribution is 8.15. The lowest BCUT2D eigenvalue weighted by molar-refractivity contribution is 0.0978. The van der Waals surface area contributed by atoms with Gasteiger partial charge in [0.15, 0.2) is 5.17 Å². The number of benzene rings is 4. The summed E-state index contributed by atoms with van der Waals surface area (Å²) >= 11 is 1.56. The number of carbonyl (C=O) groups excluding carboxylic acids is 1. The molecule has 7 heteroatoms. The van der Waals surface area contributed by atoms with Crippen molar-refractivity contribution in [3.05, 3.63) is 119 Å². The third-order valence-electron chi connectivity index (χ3n) is 7.16. The standard InChI is InChI=1S/C33H34N4O2S/c1-22-7-20-30-29(21-22)33(24-10-14-26(15-11-24)36(2)3,25-12-16-27(17-13-25)37(4)5)40-32(34-30)35-31(38)23-8-18-28(39-6)19-9-23/h7-21H,1-6H3,(H,34,35,38). The molecule has 0 saturated carbocycles. The van der Waals surface area contributed by atoms with E-state index >= 15 is 0 Å². The van der Waals surface area contributed by atoms with Crippen molar-refractivity contribution in [2.24, 2.45) is 4.99 Å². The van der Waals surface area contributed by atoms with Crippen molar-refractivity contribution in [3.63, 3.8) is 0 Å². The fourth-order valence-corrected chi connectivity index (χ4v) is 6.27. The molecule has 1 amide bonds. The van der Waals surface area contributed by atoms with Crippen LogP contribution in [0.2, 0.25) is 0 Å². The molecule has 4 aromatic carbocycles. The number of hydrogen-bond acceptors (Lipinski definition) is 6. The first kappa shape index (κ1) is 27.3. The van der Waals surface area contributed by atoms with Crippen LogP contribution in [0.25, 0.3) is 0 Å². The van der Waals surface area contributed by atoms with Gasteiger partial charge in [-0.05, 0) is 72.6 Å². The number of aliphatic imine (C=N–C) groups is 1. The second-order valence-corrected chi connectivity index (χ2v) is 11.5. The quantitative estimate of drug-likeness (QED) is 0.293. The number of rotatable bonds is 6. The van der Waals surface area contributed by atoms with Gasteiger partial charge in [-0.25, -0.2) is 4.99 Å². The second kappa shape index (κ2) is 11.1. The van der Waals surface area contributed by atoms with Crippen molar-refractivity contribution in [2.75, 3.05) is 45.1 Å². The highest BCUT2D eigenvalue weighted by Crippen LogP contribution is 2.55. The third kappa shape index (κ3) is 5.17. The largest absolute Gasteiger partial charge is 0.497 e. The van der Waals surface area contributed by atoms with Gasteiger partial charge in [0.1, 0.15) is 10.5 Å². The number of fused-ring (bicyclic) bond motifs is 1. The number of anilines is 2. The fourth-order valence-electron chi connectivity index (χ4n) is 4.91. The molecule has 4 aromatic rings. The molecule has 0 saturated heterocycles. The van der Waals surface area contributed by atoms with Gasteiger partial charge in [0.05, 0.1) is 12.8 Å². The van der Waals surface area contributed by atoms with Crippen LogP contribution in [0.5, 0.6) is 5.75 Å². The Morgan fingerprint density at radius 3 is 1.85 bits per heavy atom. The van der Waals surface area contributed by atoms with E-state index in [4.69, 9.17) is 9.73 Å². The minimum atomic E-state index is -0.638. The summed E-state index contributed by atoms with van der Waals surface area (Å²) in [6.07, 6.45) is 0. The van der Waals surface area contributed by atoms with Crippen molar-refractivity contribution in [2.45, 2.75) is 11.7 Å². The van der Waals surface area contributed by atoms with Gasteiger partial charge < -0.3 is 19.9 Å². The topological polar surface area (TPSA) is 57.2 Å². The Labute approximate surface area is 240 Å². The van der Waals surface area contributed by atoms with E-state index in [-0.39, 0.29) is 5.91 Å². The summed E-state index contributed by atoms with van der Waals surface area (Å²) in [4.78, 5) is 22.5. The van der Waals surface area contributed by atoms with E-state index in [0.29, 0.717) is 16.5 Å². The predicted molar refractivity (Wildman–Crippen MR) is 168 cm³/mol. The van der Waals surface area contributed by atoms with E-state index in [9.17, 15) is 4.79 Å². The van der Waals surface area contributed by atoms with Crippen molar-refractivity contribution in [1.82, 2.24) is 5.32 Å². The predicted octanol–water partition coefficient (Wildman–Crippen LogP) is 6.59. The van der Waals surface area contributed by atoms with Crippen LogP contribution in [0, 0.1) is 6.92 Å². The summed E-state index contributed by atoms with van der Waals surface area (Å²) in [7, 11) is 9.77.